The van der Waals surface area contributed by atoms with Crippen LogP contribution in [-0.4, -0.2) is 82.1 Å². The molecule has 14 heteroatoms. The van der Waals surface area contributed by atoms with E-state index in [-0.39, 0.29) is 19.3 Å². The number of aromatic nitrogens is 1. The van der Waals surface area contributed by atoms with Crippen LogP contribution in [0.1, 0.15) is 50.5 Å². The summed E-state index contributed by atoms with van der Waals surface area (Å²) >= 11 is 0. The third kappa shape index (κ3) is 10.8. The number of H-pyrrole nitrogens is 1. The molecule has 2 aromatic rings. The number of carboxylic acid groups (broad SMARTS) is 2. The van der Waals surface area contributed by atoms with Crippen LogP contribution in [0.25, 0.3) is 10.9 Å². The number of amides is 3. The van der Waals surface area contributed by atoms with Gasteiger partial charge in [-0.1, -0.05) is 18.2 Å². The second-order valence-corrected chi connectivity index (χ2v) is 9.86. The number of unbranched alkanes of at least 4 members (excludes halogenated alkanes) is 2. The van der Waals surface area contributed by atoms with Crippen molar-refractivity contribution in [1.82, 2.24) is 20.9 Å². The van der Waals surface area contributed by atoms with Crippen molar-refractivity contribution in [3.05, 3.63) is 36.0 Å². The number of hydrogen-bond donors (Lipinski definition) is 9. The zero-order chi connectivity index (χ0) is 30.4. The van der Waals surface area contributed by atoms with E-state index in [0.29, 0.717) is 44.3 Å². The van der Waals surface area contributed by atoms with Crippen molar-refractivity contribution in [2.45, 2.75) is 75.5 Å². The first-order chi connectivity index (χ1) is 19.6. The predicted octanol–water partition coefficient (Wildman–Crippen LogP) is -0.691. The lowest BCUT2D eigenvalue weighted by Gasteiger charge is -2.25. The Morgan fingerprint density at radius 2 is 1.32 bits per heavy atom. The van der Waals surface area contributed by atoms with Crippen molar-refractivity contribution in [2.75, 3.05) is 13.1 Å². The molecule has 4 atom stereocenters. The quantitative estimate of drug-likeness (QED) is 0.0952. The van der Waals surface area contributed by atoms with Crippen molar-refractivity contribution in [3.8, 4) is 0 Å². The summed E-state index contributed by atoms with van der Waals surface area (Å²) in [4.78, 5) is 65.1. The van der Waals surface area contributed by atoms with Gasteiger partial charge in [0.1, 0.15) is 18.1 Å². The van der Waals surface area contributed by atoms with E-state index in [1.54, 1.807) is 6.20 Å². The van der Waals surface area contributed by atoms with E-state index in [0.717, 1.165) is 10.9 Å². The third-order valence-electron chi connectivity index (χ3n) is 6.60. The number of carbonyl (C=O) groups is 5. The molecule has 0 bridgehead atoms. The number of aromatic amines is 1. The molecule has 0 saturated heterocycles. The van der Waals surface area contributed by atoms with Crippen molar-refractivity contribution < 1.29 is 34.2 Å². The Balaban J connectivity index is 2.18. The van der Waals surface area contributed by atoms with Crippen LogP contribution in [0.4, 0.5) is 0 Å². The Labute approximate surface area is 237 Å². The minimum Gasteiger partial charge on any atom is -0.481 e. The number of aliphatic carboxylic acids is 2. The average molecular weight is 576 g/mol. The highest BCUT2D eigenvalue weighted by Gasteiger charge is 2.30. The predicted molar refractivity (Wildman–Crippen MR) is 151 cm³/mol. The van der Waals surface area contributed by atoms with Crippen LogP contribution < -0.4 is 33.2 Å². The maximum absolute atomic E-state index is 13.3. The van der Waals surface area contributed by atoms with E-state index >= 15 is 0 Å². The normalized spacial score (nSPS) is 14.0. The lowest BCUT2D eigenvalue weighted by atomic mass is 10.0. The van der Waals surface area contributed by atoms with Gasteiger partial charge in [-0.2, -0.15) is 0 Å². The molecule has 0 saturated carbocycles. The summed E-state index contributed by atoms with van der Waals surface area (Å²) in [5, 5.41) is 27.2. The molecule has 0 fully saturated rings. The van der Waals surface area contributed by atoms with Gasteiger partial charge in [0.05, 0.1) is 12.5 Å². The van der Waals surface area contributed by atoms with Crippen molar-refractivity contribution in [3.63, 3.8) is 0 Å². The minimum absolute atomic E-state index is 0.00773. The minimum atomic E-state index is -1.37. The molecular weight excluding hydrogens is 534 g/mol. The van der Waals surface area contributed by atoms with E-state index in [9.17, 15) is 29.1 Å². The summed E-state index contributed by atoms with van der Waals surface area (Å²) in [7, 11) is 0. The van der Waals surface area contributed by atoms with Gasteiger partial charge in [-0.15, -0.1) is 0 Å². The molecule has 0 aliphatic carbocycles. The smallest absolute Gasteiger partial charge is 0.326 e. The van der Waals surface area contributed by atoms with Crippen molar-refractivity contribution in [2.24, 2.45) is 17.2 Å². The second-order valence-electron chi connectivity index (χ2n) is 9.86. The summed E-state index contributed by atoms with van der Waals surface area (Å²) in [6, 6.07) is 2.51. The van der Waals surface area contributed by atoms with E-state index in [2.05, 4.69) is 20.9 Å². The van der Waals surface area contributed by atoms with Gasteiger partial charge in [0.25, 0.3) is 0 Å². The molecule has 3 amide bonds. The second kappa shape index (κ2) is 16.9. The molecule has 41 heavy (non-hydrogen) atoms. The number of nitrogens with one attached hydrogen (secondary N) is 4. The maximum Gasteiger partial charge on any atom is 0.326 e. The van der Waals surface area contributed by atoms with Gasteiger partial charge in [0, 0.05) is 23.5 Å². The highest BCUT2D eigenvalue weighted by atomic mass is 16.4. The van der Waals surface area contributed by atoms with Crippen LogP contribution in [0.2, 0.25) is 0 Å². The Morgan fingerprint density at radius 1 is 0.780 bits per heavy atom. The number of nitrogens with two attached hydrogens (primary N) is 3. The van der Waals surface area contributed by atoms with E-state index < -0.39 is 60.2 Å². The maximum atomic E-state index is 13.3. The molecule has 14 nitrogen and oxygen atoms in total. The van der Waals surface area contributed by atoms with Gasteiger partial charge in [-0.05, 0) is 63.2 Å². The largest absolute Gasteiger partial charge is 0.481 e. The molecule has 12 N–H and O–H groups in total. The molecule has 1 heterocycles. The molecule has 4 unspecified atom stereocenters. The number of carboxylic acids is 2. The summed E-state index contributed by atoms with van der Waals surface area (Å²) < 4.78 is 0. The van der Waals surface area contributed by atoms with Crippen LogP contribution in [0.3, 0.4) is 0 Å². The van der Waals surface area contributed by atoms with Crippen LogP contribution >= 0.6 is 0 Å². The van der Waals surface area contributed by atoms with E-state index in [4.69, 9.17) is 22.3 Å². The molecule has 1 aromatic heterocycles. The van der Waals surface area contributed by atoms with Gasteiger partial charge in [0.2, 0.25) is 17.7 Å². The first kappa shape index (κ1) is 33.2. The topological polar surface area (TPSA) is 256 Å². The highest BCUT2D eigenvalue weighted by molar-refractivity contribution is 5.95. The number of hydrogen-bond acceptors (Lipinski definition) is 8. The molecule has 0 spiro atoms. The Morgan fingerprint density at radius 3 is 1.85 bits per heavy atom. The SMILES string of the molecule is NCCCCC(NC(=O)C(N)CC(=O)O)C(=O)NC(CCCCN)C(=O)NC(Cc1c[nH]c2ccccc12)C(=O)O. The number of rotatable bonds is 19. The summed E-state index contributed by atoms with van der Waals surface area (Å²) in [6.07, 6.45) is 3.50. The fourth-order valence-corrected chi connectivity index (χ4v) is 4.35. The van der Waals surface area contributed by atoms with Crippen LogP contribution in [0.15, 0.2) is 30.5 Å². The summed E-state index contributed by atoms with van der Waals surface area (Å²) in [6.45, 7) is 0.720. The fourth-order valence-electron chi connectivity index (χ4n) is 4.35. The zero-order valence-electron chi connectivity index (χ0n) is 22.9. The van der Waals surface area contributed by atoms with Crippen LogP contribution in [-0.2, 0) is 30.4 Å². The molecule has 2 rings (SSSR count). The van der Waals surface area contributed by atoms with Crippen LogP contribution in [0.5, 0.6) is 0 Å². The number of carbonyl (C=O) groups excluding carboxylic acids is 3. The van der Waals surface area contributed by atoms with Gasteiger partial charge >= 0.3 is 11.9 Å². The monoisotopic (exact) mass is 575 g/mol. The molecule has 226 valence electrons. The lowest BCUT2D eigenvalue weighted by Crippen LogP contribution is -2.57. The average Bonchev–Trinajstić information content (AvgIpc) is 3.33. The molecule has 0 aliphatic rings. The Hall–Kier alpha value is -4.01. The van der Waals surface area contributed by atoms with E-state index in [1.807, 2.05) is 24.3 Å². The molecule has 0 radical (unpaired) electrons. The standard InChI is InChI=1S/C27H41N7O7/c28-11-5-3-9-20(32-24(37)18(30)14-23(35)36)25(38)33-21(10-4-6-12-29)26(39)34-22(27(40)41)13-16-15-31-19-8-2-1-7-17(16)19/h1-2,7-8,15,18,20-22,31H,3-6,9-14,28-30H2,(H,32,37)(H,33,38)(H,34,39)(H,35,36)(H,40,41). The summed E-state index contributed by atoms with van der Waals surface area (Å²) in [5.74, 6) is -4.72. The third-order valence-corrected chi connectivity index (χ3v) is 6.60. The van der Waals surface area contributed by atoms with Gasteiger partial charge < -0.3 is 48.3 Å². The van der Waals surface area contributed by atoms with Gasteiger partial charge in [-0.25, -0.2) is 4.79 Å². The zero-order valence-corrected chi connectivity index (χ0v) is 22.9. The van der Waals surface area contributed by atoms with Crippen LogP contribution in [0, 0.1) is 0 Å². The van der Waals surface area contributed by atoms with E-state index in [1.165, 1.54) is 0 Å². The summed E-state index contributed by atoms with van der Waals surface area (Å²) in [5.41, 5.74) is 18.3. The first-order valence-electron chi connectivity index (χ1n) is 13.6. The lowest BCUT2D eigenvalue weighted by molar-refractivity contribution is -0.142. The molecule has 1 aromatic carbocycles. The molecular formula is C27H41N7O7. The first-order valence-corrected chi connectivity index (χ1v) is 13.6. The number of para-hydroxylation sites is 1. The Kier molecular flexibility index (Phi) is 13.7. The molecule has 0 aliphatic heterocycles. The number of benzene rings is 1. The highest BCUT2D eigenvalue weighted by Crippen LogP contribution is 2.19. The number of fused-ring (bicyclic) bond motifs is 1. The fraction of sp³-hybridized carbons (Fsp3) is 0.519. The van der Waals surface area contributed by atoms with Crippen molar-refractivity contribution in [1.29, 1.82) is 0 Å². The van der Waals surface area contributed by atoms with Crippen molar-refractivity contribution >= 4 is 40.6 Å². The van der Waals surface area contributed by atoms with Gasteiger partial charge in [0.15, 0.2) is 0 Å². The Bertz CT molecular complexity index is 1190. The van der Waals surface area contributed by atoms with Gasteiger partial charge in [-0.3, -0.25) is 19.2 Å².